The van der Waals surface area contributed by atoms with Gasteiger partial charge in [-0.1, -0.05) is 23.2 Å². The van der Waals surface area contributed by atoms with Crippen molar-refractivity contribution in [3.63, 3.8) is 0 Å². The van der Waals surface area contributed by atoms with Gasteiger partial charge in [0.05, 0.1) is 11.1 Å². The van der Waals surface area contributed by atoms with E-state index < -0.39 is 0 Å². The van der Waals surface area contributed by atoms with Crippen molar-refractivity contribution in [1.29, 1.82) is 0 Å². The average molecular weight is 306 g/mol. The lowest BCUT2D eigenvalue weighted by atomic mass is 10.3. The number of nitrogens with two attached hydrogens (primary N) is 1. The minimum Gasteiger partial charge on any atom is -0.486 e. The van der Waals surface area contributed by atoms with E-state index in [1.165, 1.54) is 0 Å². The standard InChI is InChI=1S/C13H18Cl2N2O2/c1-9(2)17(8-13(16)18)5-6-19-12-4-3-10(14)7-11(12)15/h3-4,7,9H,5-6,8H2,1-2H3,(H2,16,18)/p+1. The predicted molar refractivity (Wildman–Crippen MR) is 77.0 cm³/mol. The highest BCUT2D eigenvalue weighted by Crippen LogP contribution is 2.27. The first-order valence-electron chi connectivity index (χ1n) is 6.11. The fraction of sp³-hybridized carbons (Fsp3) is 0.462. The summed E-state index contributed by atoms with van der Waals surface area (Å²) in [4.78, 5) is 12.0. The molecule has 0 fully saturated rings. The molecule has 0 spiro atoms. The molecule has 0 bridgehead atoms. The first-order chi connectivity index (χ1) is 8.90. The summed E-state index contributed by atoms with van der Waals surface area (Å²) < 4.78 is 5.59. The van der Waals surface area contributed by atoms with Crippen molar-refractivity contribution in [2.45, 2.75) is 19.9 Å². The normalized spacial score (nSPS) is 12.5. The summed E-state index contributed by atoms with van der Waals surface area (Å²) in [5.41, 5.74) is 5.22. The Morgan fingerprint density at radius 3 is 2.63 bits per heavy atom. The van der Waals surface area contributed by atoms with Crippen LogP contribution in [0.15, 0.2) is 18.2 Å². The van der Waals surface area contributed by atoms with Crippen LogP contribution in [0.25, 0.3) is 0 Å². The van der Waals surface area contributed by atoms with Crippen molar-refractivity contribution in [3.05, 3.63) is 28.2 Å². The zero-order chi connectivity index (χ0) is 14.4. The Hall–Kier alpha value is -0.970. The first kappa shape index (κ1) is 16.1. The SMILES string of the molecule is CC(C)[NH+](CCOc1ccc(Cl)cc1Cl)CC(N)=O. The fourth-order valence-corrected chi connectivity index (χ4v) is 2.15. The van der Waals surface area contributed by atoms with E-state index in [0.717, 1.165) is 4.90 Å². The van der Waals surface area contributed by atoms with Crippen LogP contribution in [0, 0.1) is 0 Å². The Labute approximate surface area is 123 Å². The number of nitrogens with one attached hydrogen (secondary N) is 1. The second kappa shape index (κ2) is 7.58. The van der Waals surface area contributed by atoms with E-state index in [-0.39, 0.29) is 5.91 Å². The summed E-state index contributed by atoms with van der Waals surface area (Å²) in [5.74, 6) is 0.279. The number of carbonyl (C=O) groups is 1. The number of rotatable bonds is 7. The number of quaternary nitrogens is 1. The van der Waals surface area contributed by atoms with Crippen molar-refractivity contribution in [3.8, 4) is 5.75 Å². The maximum atomic E-state index is 11.0. The van der Waals surface area contributed by atoms with Crippen molar-refractivity contribution >= 4 is 29.1 Å². The van der Waals surface area contributed by atoms with E-state index >= 15 is 0 Å². The average Bonchev–Trinajstić information content (AvgIpc) is 2.29. The molecule has 0 aliphatic rings. The zero-order valence-corrected chi connectivity index (χ0v) is 12.6. The van der Waals surface area contributed by atoms with E-state index in [4.69, 9.17) is 33.7 Å². The monoisotopic (exact) mass is 305 g/mol. The van der Waals surface area contributed by atoms with Gasteiger partial charge in [-0.05, 0) is 32.0 Å². The van der Waals surface area contributed by atoms with Gasteiger partial charge in [-0.25, -0.2) is 0 Å². The van der Waals surface area contributed by atoms with E-state index in [1.807, 2.05) is 13.8 Å². The maximum absolute atomic E-state index is 11.0. The van der Waals surface area contributed by atoms with E-state index in [1.54, 1.807) is 18.2 Å². The quantitative estimate of drug-likeness (QED) is 0.794. The smallest absolute Gasteiger partial charge is 0.272 e. The highest BCUT2D eigenvalue weighted by atomic mass is 35.5. The second-order valence-electron chi connectivity index (χ2n) is 4.63. The predicted octanol–water partition coefficient (Wildman–Crippen LogP) is 1.15. The topological polar surface area (TPSA) is 56.8 Å². The summed E-state index contributed by atoms with van der Waals surface area (Å²) in [6.45, 7) is 5.51. The molecular weight excluding hydrogens is 287 g/mol. The molecule has 1 amide bonds. The summed E-state index contributed by atoms with van der Waals surface area (Å²) in [6, 6.07) is 5.39. The third kappa shape index (κ3) is 5.68. The fourth-order valence-electron chi connectivity index (χ4n) is 1.69. The molecule has 19 heavy (non-hydrogen) atoms. The Morgan fingerprint density at radius 2 is 2.11 bits per heavy atom. The minimum absolute atomic E-state index is 0.301. The molecule has 1 aromatic rings. The number of primary amides is 1. The molecule has 1 unspecified atom stereocenters. The van der Waals surface area contributed by atoms with Crippen LogP contribution in [0.5, 0.6) is 5.75 Å². The molecule has 0 saturated heterocycles. The van der Waals surface area contributed by atoms with Crippen molar-refractivity contribution in [1.82, 2.24) is 0 Å². The lowest BCUT2D eigenvalue weighted by molar-refractivity contribution is -0.913. The molecule has 3 N–H and O–H groups in total. The molecule has 0 saturated carbocycles. The number of benzene rings is 1. The highest BCUT2D eigenvalue weighted by molar-refractivity contribution is 6.35. The third-order valence-corrected chi connectivity index (χ3v) is 3.32. The second-order valence-corrected chi connectivity index (χ2v) is 5.47. The van der Waals surface area contributed by atoms with Crippen LogP contribution in [-0.4, -0.2) is 31.6 Å². The van der Waals surface area contributed by atoms with Crippen LogP contribution in [0.1, 0.15) is 13.8 Å². The number of halogens is 2. The largest absolute Gasteiger partial charge is 0.486 e. The molecule has 1 rings (SSSR count). The van der Waals surface area contributed by atoms with Crippen LogP contribution in [0.4, 0.5) is 0 Å². The summed E-state index contributed by atoms with van der Waals surface area (Å²) >= 11 is 11.8. The molecule has 0 radical (unpaired) electrons. The van der Waals surface area contributed by atoms with Crippen LogP contribution >= 0.6 is 23.2 Å². The van der Waals surface area contributed by atoms with Crippen LogP contribution in [0.3, 0.4) is 0 Å². The van der Waals surface area contributed by atoms with E-state index in [0.29, 0.717) is 41.5 Å². The molecule has 0 aliphatic carbocycles. The molecule has 6 heteroatoms. The molecule has 1 atom stereocenters. The van der Waals surface area contributed by atoms with E-state index in [2.05, 4.69) is 0 Å². The van der Waals surface area contributed by atoms with Gasteiger partial charge in [0.1, 0.15) is 18.9 Å². The summed E-state index contributed by atoms with van der Waals surface area (Å²) in [7, 11) is 0. The molecule has 106 valence electrons. The zero-order valence-electron chi connectivity index (χ0n) is 11.1. The number of ether oxygens (including phenoxy) is 1. The molecule has 0 aliphatic heterocycles. The van der Waals surface area contributed by atoms with Gasteiger partial charge in [0.2, 0.25) is 0 Å². The highest BCUT2D eigenvalue weighted by Gasteiger charge is 2.16. The lowest BCUT2D eigenvalue weighted by Crippen LogP contribution is -3.16. The van der Waals surface area contributed by atoms with Crippen molar-refractivity contribution in [2.75, 3.05) is 19.7 Å². The Morgan fingerprint density at radius 1 is 1.42 bits per heavy atom. The third-order valence-electron chi connectivity index (χ3n) is 2.79. The van der Waals surface area contributed by atoms with Gasteiger partial charge < -0.3 is 15.4 Å². The van der Waals surface area contributed by atoms with Gasteiger partial charge in [0.25, 0.3) is 5.91 Å². The van der Waals surface area contributed by atoms with Gasteiger partial charge in [-0.3, -0.25) is 4.79 Å². The molecule has 4 nitrogen and oxygen atoms in total. The lowest BCUT2D eigenvalue weighted by Gasteiger charge is -2.22. The van der Waals surface area contributed by atoms with Crippen molar-refractivity contribution in [2.24, 2.45) is 5.73 Å². The number of amides is 1. The van der Waals surface area contributed by atoms with Gasteiger partial charge in [0, 0.05) is 5.02 Å². The van der Waals surface area contributed by atoms with Crippen molar-refractivity contribution < 1.29 is 14.4 Å². The molecule has 0 aromatic heterocycles. The summed E-state index contributed by atoms with van der Waals surface area (Å²) in [5, 5.41) is 1.05. The van der Waals surface area contributed by atoms with E-state index in [9.17, 15) is 4.79 Å². The Balaban J connectivity index is 2.49. The minimum atomic E-state index is -0.312. The van der Waals surface area contributed by atoms with Gasteiger partial charge in [-0.2, -0.15) is 0 Å². The molecule has 1 aromatic carbocycles. The number of hydrogen-bond donors (Lipinski definition) is 2. The number of hydrogen-bond acceptors (Lipinski definition) is 2. The maximum Gasteiger partial charge on any atom is 0.272 e. The van der Waals surface area contributed by atoms with Gasteiger partial charge >= 0.3 is 0 Å². The molecule has 0 heterocycles. The Kier molecular flexibility index (Phi) is 6.42. The molecular formula is C13H19Cl2N2O2+. The number of carbonyl (C=O) groups excluding carboxylic acids is 1. The van der Waals surface area contributed by atoms with Crippen LogP contribution in [0.2, 0.25) is 10.0 Å². The van der Waals surface area contributed by atoms with Gasteiger partial charge in [-0.15, -0.1) is 0 Å². The van der Waals surface area contributed by atoms with Crippen LogP contribution in [-0.2, 0) is 4.79 Å². The van der Waals surface area contributed by atoms with Crippen LogP contribution < -0.4 is 15.4 Å². The first-order valence-corrected chi connectivity index (χ1v) is 6.86. The summed E-state index contributed by atoms with van der Waals surface area (Å²) in [6.07, 6.45) is 0. The Bertz CT molecular complexity index is 439. The van der Waals surface area contributed by atoms with Gasteiger partial charge in [0.15, 0.2) is 6.54 Å².